The lowest BCUT2D eigenvalue weighted by molar-refractivity contribution is -0.0266. The quantitative estimate of drug-likeness (QED) is 0.849. The van der Waals surface area contributed by atoms with Crippen LogP contribution in [0.1, 0.15) is 6.04 Å². The van der Waals surface area contributed by atoms with Gasteiger partial charge in [0.05, 0.1) is 42.6 Å². The van der Waals surface area contributed by atoms with Gasteiger partial charge >= 0.3 is 0 Å². The van der Waals surface area contributed by atoms with Crippen molar-refractivity contribution in [3.8, 4) is 5.75 Å². The van der Waals surface area contributed by atoms with E-state index >= 15 is 0 Å². The Morgan fingerprint density at radius 2 is 2.31 bits per heavy atom. The Bertz CT molecular complexity index is 534. The molecule has 84 valence electrons. The predicted molar refractivity (Wildman–Crippen MR) is 63.8 cm³/mol. The minimum absolute atomic E-state index is 0.364. The summed E-state index contributed by atoms with van der Waals surface area (Å²) in [6.45, 7) is 1.49. The lowest BCUT2D eigenvalue weighted by Gasteiger charge is -2.26. The first-order chi connectivity index (χ1) is 7.79. The van der Waals surface area contributed by atoms with E-state index in [1.165, 1.54) is 0 Å². The SMILES string of the molecule is COc1cc2c(cnn2C2COC2)cc1Br. The highest BCUT2D eigenvalue weighted by Crippen LogP contribution is 2.32. The second-order valence-electron chi connectivity index (χ2n) is 3.83. The highest BCUT2D eigenvalue weighted by Gasteiger charge is 2.23. The molecule has 4 nitrogen and oxygen atoms in total. The smallest absolute Gasteiger partial charge is 0.135 e. The van der Waals surface area contributed by atoms with Gasteiger partial charge in [0.15, 0.2) is 0 Å². The van der Waals surface area contributed by atoms with Gasteiger partial charge in [-0.3, -0.25) is 4.68 Å². The summed E-state index contributed by atoms with van der Waals surface area (Å²) >= 11 is 3.47. The van der Waals surface area contributed by atoms with E-state index in [0.717, 1.165) is 34.3 Å². The third-order valence-electron chi connectivity index (χ3n) is 2.84. The van der Waals surface area contributed by atoms with Crippen LogP contribution in [0.4, 0.5) is 0 Å². The molecule has 1 fully saturated rings. The molecule has 0 amide bonds. The van der Waals surface area contributed by atoms with Crippen molar-refractivity contribution in [2.24, 2.45) is 0 Å². The zero-order valence-electron chi connectivity index (χ0n) is 8.81. The Labute approximate surface area is 101 Å². The summed E-state index contributed by atoms with van der Waals surface area (Å²) in [5.41, 5.74) is 1.09. The van der Waals surface area contributed by atoms with Crippen LogP contribution in [-0.4, -0.2) is 30.1 Å². The summed E-state index contributed by atoms with van der Waals surface area (Å²) in [5.74, 6) is 0.828. The van der Waals surface area contributed by atoms with Gasteiger partial charge in [0, 0.05) is 11.5 Å². The monoisotopic (exact) mass is 282 g/mol. The van der Waals surface area contributed by atoms with Crippen molar-refractivity contribution >= 4 is 26.8 Å². The van der Waals surface area contributed by atoms with E-state index in [4.69, 9.17) is 9.47 Å². The van der Waals surface area contributed by atoms with Crippen LogP contribution in [0.15, 0.2) is 22.8 Å². The number of fused-ring (bicyclic) bond motifs is 1. The number of hydrogen-bond acceptors (Lipinski definition) is 3. The van der Waals surface area contributed by atoms with E-state index in [2.05, 4.69) is 21.0 Å². The molecule has 0 spiro atoms. The zero-order chi connectivity index (χ0) is 11.1. The van der Waals surface area contributed by atoms with Gasteiger partial charge in [-0.05, 0) is 22.0 Å². The number of benzene rings is 1. The molecule has 0 unspecified atom stereocenters. The number of methoxy groups -OCH3 is 1. The number of ether oxygens (including phenoxy) is 2. The average Bonchev–Trinajstić information content (AvgIpc) is 2.58. The summed E-state index contributed by atoms with van der Waals surface area (Å²) in [4.78, 5) is 0. The fraction of sp³-hybridized carbons (Fsp3) is 0.364. The van der Waals surface area contributed by atoms with Crippen molar-refractivity contribution in [2.45, 2.75) is 6.04 Å². The zero-order valence-corrected chi connectivity index (χ0v) is 10.4. The molecule has 1 aromatic heterocycles. The lowest BCUT2D eigenvalue weighted by Crippen LogP contribution is -2.31. The number of hydrogen-bond donors (Lipinski definition) is 0. The van der Waals surface area contributed by atoms with Gasteiger partial charge in [0.1, 0.15) is 5.75 Å². The summed E-state index contributed by atoms with van der Waals surface area (Å²) in [6, 6.07) is 4.39. The number of rotatable bonds is 2. The van der Waals surface area contributed by atoms with Crippen molar-refractivity contribution in [1.29, 1.82) is 0 Å². The molecule has 1 aromatic carbocycles. The Balaban J connectivity index is 2.16. The van der Waals surface area contributed by atoms with Gasteiger partial charge in [-0.1, -0.05) is 0 Å². The molecule has 0 saturated carbocycles. The molecule has 2 heterocycles. The molecule has 3 rings (SSSR count). The third-order valence-corrected chi connectivity index (χ3v) is 3.46. The maximum atomic E-state index is 5.29. The molecule has 16 heavy (non-hydrogen) atoms. The first-order valence-corrected chi connectivity index (χ1v) is 5.87. The second kappa shape index (κ2) is 3.75. The normalized spacial score (nSPS) is 16.4. The maximum absolute atomic E-state index is 5.29. The van der Waals surface area contributed by atoms with Crippen LogP contribution >= 0.6 is 15.9 Å². The van der Waals surface area contributed by atoms with Crippen LogP contribution in [0.5, 0.6) is 5.75 Å². The van der Waals surface area contributed by atoms with Gasteiger partial charge in [-0.2, -0.15) is 5.10 Å². The molecule has 1 aliphatic rings. The Morgan fingerprint density at radius 3 is 2.94 bits per heavy atom. The maximum Gasteiger partial charge on any atom is 0.135 e. The summed E-state index contributed by atoms with van der Waals surface area (Å²) < 4.78 is 13.4. The van der Waals surface area contributed by atoms with Crippen molar-refractivity contribution in [1.82, 2.24) is 9.78 Å². The van der Waals surface area contributed by atoms with Crippen LogP contribution in [0.2, 0.25) is 0 Å². The molecule has 1 saturated heterocycles. The topological polar surface area (TPSA) is 36.3 Å². The number of nitrogens with zero attached hydrogens (tertiary/aromatic N) is 2. The van der Waals surface area contributed by atoms with Gasteiger partial charge < -0.3 is 9.47 Å². The highest BCUT2D eigenvalue weighted by atomic mass is 79.9. The molecule has 1 aliphatic heterocycles. The third kappa shape index (κ3) is 1.43. The standard InChI is InChI=1S/C11H11BrN2O2/c1-15-11-3-10-7(2-9(11)12)4-13-14(10)8-5-16-6-8/h2-4,8H,5-6H2,1H3. The molecular formula is C11H11BrN2O2. The number of halogens is 1. The molecule has 2 aromatic rings. The molecular weight excluding hydrogens is 272 g/mol. The fourth-order valence-corrected chi connectivity index (χ4v) is 2.38. The fourth-order valence-electron chi connectivity index (χ4n) is 1.86. The summed E-state index contributed by atoms with van der Waals surface area (Å²) in [6.07, 6.45) is 1.87. The van der Waals surface area contributed by atoms with Crippen molar-refractivity contribution in [2.75, 3.05) is 20.3 Å². The van der Waals surface area contributed by atoms with Crippen LogP contribution in [0.25, 0.3) is 10.9 Å². The van der Waals surface area contributed by atoms with Gasteiger partial charge in [0.25, 0.3) is 0 Å². The average molecular weight is 283 g/mol. The minimum atomic E-state index is 0.364. The molecule has 0 radical (unpaired) electrons. The summed E-state index contributed by atoms with van der Waals surface area (Å²) in [7, 11) is 1.67. The Morgan fingerprint density at radius 1 is 1.50 bits per heavy atom. The van der Waals surface area contributed by atoms with E-state index in [1.54, 1.807) is 7.11 Å². The van der Waals surface area contributed by atoms with E-state index < -0.39 is 0 Å². The summed E-state index contributed by atoms with van der Waals surface area (Å²) in [5, 5.41) is 5.50. The minimum Gasteiger partial charge on any atom is -0.495 e. The Hall–Kier alpha value is -1.07. The first kappa shape index (κ1) is 10.1. The van der Waals surface area contributed by atoms with E-state index in [1.807, 2.05) is 23.0 Å². The van der Waals surface area contributed by atoms with Crippen LogP contribution in [-0.2, 0) is 4.74 Å². The second-order valence-corrected chi connectivity index (χ2v) is 4.68. The van der Waals surface area contributed by atoms with Crippen LogP contribution in [0.3, 0.4) is 0 Å². The van der Waals surface area contributed by atoms with Crippen LogP contribution < -0.4 is 4.74 Å². The molecule has 0 N–H and O–H groups in total. The molecule has 0 aliphatic carbocycles. The van der Waals surface area contributed by atoms with Gasteiger partial charge in [-0.25, -0.2) is 0 Å². The molecule has 0 bridgehead atoms. The van der Waals surface area contributed by atoms with Crippen molar-refractivity contribution in [3.63, 3.8) is 0 Å². The molecule has 0 atom stereocenters. The van der Waals surface area contributed by atoms with E-state index in [-0.39, 0.29) is 0 Å². The van der Waals surface area contributed by atoms with Crippen molar-refractivity contribution < 1.29 is 9.47 Å². The van der Waals surface area contributed by atoms with E-state index in [0.29, 0.717) is 6.04 Å². The highest BCUT2D eigenvalue weighted by molar-refractivity contribution is 9.10. The van der Waals surface area contributed by atoms with Crippen molar-refractivity contribution in [3.05, 3.63) is 22.8 Å². The largest absolute Gasteiger partial charge is 0.495 e. The first-order valence-electron chi connectivity index (χ1n) is 5.08. The lowest BCUT2D eigenvalue weighted by atomic mass is 10.2. The number of aromatic nitrogens is 2. The van der Waals surface area contributed by atoms with Crippen LogP contribution in [0, 0.1) is 0 Å². The Kier molecular flexibility index (Phi) is 2.37. The molecule has 5 heteroatoms. The van der Waals surface area contributed by atoms with Gasteiger partial charge in [-0.15, -0.1) is 0 Å². The van der Waals surface area contributed by atoms with E-state index in [9.17, 15) is 0 Å². The van der Waals surface area contributed by atoms with Gasteiger partial charge in [0.2, 0.25) is 0 Å². The predicted octanol–water partition coefficient (Wildman–Crippen LogP) is 2.38.